The summed E-state index contributed by atoms with van der Waals surface area (Å²) in [6.07, 6.45) is 0. The van der Waals surface area contributed by atoms with Crippen molar-refractivity contribution in [1.29, 1.82) is 0 Å². The van der Waals surface area contributed by atoms with Gasteiger partial charge in [-0.15, -0.1) is 0 Å². The molecule has 0 amide bonds. The number of nitrogen functional groups attached to an aromatic ring is 1. The van der Waals surface area contributed by atoms with E-state index < -0.39 is 0 Å². The second-order valence-corrected chi connectivity index (χ2v) is 5.90. The lowest BCUT2D eigenvalue weighted by Crippen LogP contribution is -2.01. The van der Waals surface area contributed by atoms with E-state index in [2.05, 4.69) is 39.9 Å². The first-order valence-electron chi connectivity index (χ1n) is 5.22. The predicted molar refractivity (Wildman–Crippen MR) is 85.4 cm³/mol. The second kappa shape index (κ2) is 5.28. The van der Waals surface area contributed by atoms with Gasteiger partial charge in [-0.2, -0.15) is 13.7 Å². The van der Waals surface area contributed by atoms with E-state index in [-0.39, 0.29) is 0 Å². The predicted octanol–water partition coefficient (Wildman–Crippen LogP) is 4.60. The fourth-order valence-corrected chi connectivity index (χ4v) is 3.16. The quantitative estimate of drug-likeness (QED) is 0.624. The number of aromatic nitrogens is 2. The molecule has 0 unspecified atom stereocenters. The highest BCUT2D eigenvalue weighted by Crippen LogP contribution is 2.48. The van der Waals surface area contributed by atoms with E-state index in [4.69, 9.17) is 28.9 Å². The Morgan fingerprint density at radius 3 is 2.60 bits per heavy atom. The summed E-state index contributed by atoms with van der Waals surface area (Å²) in [5.74, 6) is 0.627. The lowest BCUT2D eigenvalue weighted by Gasteiger charge is -2.11. The van der Waals surface area contributed by atoms with Crippen LogP contribution in [0.2, 0.25) is 10.0 Å². The molecule has 3 N–H and O–H groups in total. The lowest BCUT2D eigenvalue weighted by atomic mass is 10.2. The van der Waals surface area contributed by atoms with Crippen LogP contribution in [0.5, 0.6) is 0 Å². The summed E-state index contributed by atoms with van der Waals surface area (Å²) >= 11 is 16.5. The molecule has 1 aromatic carbocycles. The molecule has 10 heteroatoms. The van der Waals surface area contributed by atoms with E-state index in [0.717, 1.165) is 11.4 Å². The number of hydrogen-bond donors (Lipinski definition) is 2. The van der Waals surface area contributed by atoms with Crippen molar-refractivity contribution in [2.75, 3.05) is 11.1 Å². The maximum Gasteiger partial charge on any atom is 0.230 e. The highest BCUT2D eigenvalue weighted by molar-refractivity contribution is 9.10. The molecule has 20 heavy (non-hydrogen) atoms. The van der Waals surface area contributed by atoms with Crippen LogP contribution in [0, 0.1) is 0 Å². The van der Waals surface area contributed by atoms with E-state index in [1.165, 1.54) is 0 Å². The monoisotopic (exact) mass is 390 g/mol. The molecule has 2 aromatic rings. The SMILES string of the molecule is Nc1cc(Br)nc(Nc2c(Cl)cc(Cl)c3c2N=S=N3)n1. The summed E-state index contributed by atoms with van der Waals surface area (Å²) in [6.45, 7) is 0. The van der Waals surface area contributed by atoms with Gasteiger partial charge in [-0.3, -0.25) is 0 Å². The van der Waals surface area contributed by atoms with Gasteiger partial charge >= 0.3 is 0 Å². The Morgan fingerprint density at radius 1 is 1.10 bits per heavy atom. The van der Waals surface area contributed by atoms with Crippen LogP contribution in [0.25, 0.3) is 0 Å². The summed E-state index contributed by atoms with van der Waals surface area (Å²) in [6, 6.07) is 3.19. The molecule has 102 valence electrons. The maximum atomic E-state index is 6.19. The zero-order chi connectivity index (χ0) is 14.3. The van der Waals surface area contributed by atoms with E-state index in [0.29, 0.717) is 43.5 Å². The molecule has 0 aliphatic carbocycles. The minimum absolute atomic E-state index is 0.301. The standard InChI is InChI=1S/C10H5BrCl2N6S/c11-5-2-6(14)16-10(15-5)17-7-3(12)1-4(13)8-9(7)19-20-18-8/h1-2H,(H3,14,15,16,17). The third kappa shape index (κ3) is 2.51. The Balaban J connectivity index is 2.08. The van der Waals surface area contributed by atoms with Crippen molar-refractivity contribution in [1.82, 2.24) is 9.97 Å². The van der Waals surface area contributed by atoms with Crippen molar-refractivity contribution in [3.8, 4) is 0 Å². The van der Waals surface area contributed by atoms with Crippen molar-refractivity contribution < 1.29 is 0 Å². The Hall–Kier alpha value is -1.22. The number of halogens is 3. The van der Waals surface area contributed by atoms with E-state index in [9.17, 15) is 0 Å². The molecule has 0 spiro atoms. The van der Waals surface area contributed by atoms with Crippen LogP contribution in [0.4, 0.5) is 28.8 Å². The van der Waals surface area contributed by atoms with Crippen LogP contribution in [0.15, 0.2) is 25.5 Å². The highest BCUT2D eigenvalue weighted by atomic mass is 79.9. The number of rotatable bonds is 2. The first kappa shape index (κ1) is 13.7. The van der Waals surface area contributed by atoms with Crippen molar-refractivity contribution in [2.45, 2.75) is 0 Å². The average molecular weight is 392 g/mol. The van der Waals surface area contributed by atoms with E-state index in [1.54, 1.807) is 12.1 Å². The molecule has 1 aliphatic heterocycles. The Morgan fingerprint density at radius 2 is 1.85 bits per heavy atom. The summed E-state index contributed by atoms with van der Waals surface area (Å²) in [4.78, 5) is 8.24. The molecular formula is C10H5BrCl2N6S. The average Bonchev–Trinajstić information content (AvgIpc) is 2.82. The molecular weight excluding hydrogens is 387 g/mol. The topological polar surface area (TPSA) is 88.5 Å². The fourth-order valence-electron chi connectivity index (χ4n) is 1.60. The Bertz CT molecular complexity index is 770. The van der Waals surface area contributed by atoms with Crippen molar-refractivity contribution in [3.05, 3.63) is 26.8 Å². The van der Waals surface area contributed by atoms with Crippen molar-refractivity contribution in [2.24, 2.45) is 8.73 Å². The van der Waals surface area contributed by atoms with Gasteiger partial charge in [-0.05, 0) is 22.0 Å². The number of fused-ring (bicyclic) bond motifs is 1. The smallest absolute Gasteiger partial charge is 0.230 e. The van der Waals surface area contributed by atoms with Crippen molar-refractivity contribution >= 4 is 79.3 Å². The summed E-state index contributed by atoms with van der Waals surface area (Å²) in [5, 5.41) is 3.84. The van der Waals surface area contributed by atoms with Gasteiger partial charge in [0.2, 0.25) is 5.95 Å². The first-order valence-corrected chi connectivity index (χ1v) is 7.50. The molecule has 1 aliphatic rings. The number of nitrogens with one attached hydrogen (secondary N) is 1. The molecule has 0 radical (unpaired) electrons. The lowest BCUT2D eigenvalue weighted by molar-refractivity contribution is 1.15. The van der Waals surface area contributed by atoms with Crippen LogP contribution >= 0.6 is 39.1 Å². The zero-order valence-corrected chi connectivity index (χ0v) is 13.5. The zero-order valence-electron chi connectivity index (χ0n) is 9.56. The third-order valence-corrected chi connectivity index (χ3v) is 3.92. The minimum atomic E-state index is 0.301. The van der Waals surface area contributed by atoms with Gasteiger partial charge in [-0.25, -0.2) is 4.98 Å². The summed E-state index contributed by atoms with van der Waals surface area (Å²) < 4.78 is 8.86. The van der Waals surface area contributed by atoms with Crippen molar-refractivity contribution in [3.63, 3.8) is 0 Å². The summed E-state index contributed by atoms with van der Waals surface area (Å²) in [5.41, 5.74) is 7.35. The van der Waals surface area contributed by atoms with Crippen LogP contribution in [-0.4, -0.2) is 9.97 Å². The molecule has 3 rings (SSSR count). The van der Waals surface area contributed by atoms with Gasteiger partial charge in [0.25, 0.3) is 0 Å². The fraction of sp³-hybridized carbons (Fsp3) is 0. The van der Waals surface area contributed by atoms with Gasteiger partial charge in [0, 0.05) is 6.07 Å². The largest absolute Gasteiger partial charge is 0.383 e. The normalized spacial score (nSPS) is 12.2. The molecule has 0 saturated carbocycles. The number of nitrogens with two attached hydrogens (primary N) is 1. The molecule has 0 saturated heterocycles. The van der Waals surface area contributed by atoms with E-state index >= 15 is 0 Å². The number of hydrogen-bond acceptors (Lipinski definition) is 6. The molecule has 2 heterocycles. The van der Waals surface area contributed by atoms with Gasteiger partial charge in [0.15, 0.2) is 0 Å². The number of nitrogens with zero attached hydrogens (tertiary/aromatic N) is 4. The Kier molecular flexibility index (Phi) is 3.63. The van der Waals surface area contributed by atoms with Crippen LogP contribution in [0.1, 0.15) is 0 Å². The molecule has 1 aromatic heterocycles. The Labute approximate surface area is 135 Å². The molecule has 6 nitrogen and oxygen atoms in total. The molecule has 0 fully saturated rings. The van der Waals surface area contributed by atoms with Gasteiger partial charge in [-0.1, -0.05) is 23.2 Å². The van der Waals surface area contributed by atoms with Gasteiger partial charge < -0.3 is 11.1 Å². The third-order valence-electron chi connectivity index (χ3n) is 2.40. The van der Waals surface area contributed by atoms with Crippen LogP contribution in [-0.2, 0) is 11.4 Å². The van der Waals surface area contributed by atoms with Crippen LogP contribution in [0.3, 0.4) is 0 Å². The number of anilines is 3. The van der Waals surface area contributed by atoms with Crippen LogP contribution < -0.4 is 11.1 Å². The van der Waals surface area contributed by atoms with E-state index in [1.807, 2.05) is 0 Å². The van der Waals surface area contributed by atoms with Gasteiger partial charge in [0.05, 0.1) is 27.1 Å². The highest BCUT2D eigenvalue weighted by Gasteiger charge is 2.19. The molecule has 0 bridgehead atoms. The maximum absolute atomic E-state index is 6.19. The number of benzene rings is 1. The second-order valence-electron chi connectivity index (χ2n) is 3.74. The summed E-state index contributed by atoms with van der Waals surface area (Å²) in [7, 11) is 0. The molecule has 0 atom stereocenters. The minimum Gasteiger partial charge on any atom is -0.383 e. The van der Waals surface area contributed by atoms with Gasteiger partial charge in [0.1, 0.15) is 21.8 Å². The first-order chi connectivity index (χ1) is 9.54.